The van der Waals surface area contributed by atoms with Gasteiger partial charge in [0.25, 0.3) is 0 Å². The predicted molar refractivity (Wildman–Crippen MR) is 105 cm³/mol. The molecule has 0 fully saturated rings. The van der Waals surface area contributed by atoms with E-state index in [4.69, 9.17) is 21.6 Å². The summed E-state index contributed by atoms with van der Waals surface area (Å²) in [6.07, 6.45) is 4.93. The average Bonchev–Trinajstić information content (AvgIpc) is 3.04. The van der Waals surface area contributed by atoms with E-state index in [1.54, 1.807) is 0 Å². The third-order valence-electron chi connectivity index (χ3n) is 4.22. The van der Waals surface area contributed by atoms with Crippen LogP contribution in [0.5, 0.6) is 11.5 Å². The van der Waals surface area contributed by atoms with Gasteiger partial charge in [-0.2, -0.15) is 0 Å². The Labute approximate surface area is 156 Å². The molecule has 7 nitrogen and oxygen atoms in total. The van der Waals surface area contributed by atoms with Crippen LogP contribution in [-0.4, -0.2) is 28.7 Å². The first-order valence-electron chi connectivity index (χ1n) is 8.61. The first-order valence-corrected chi connectivity index (χ1v) is 8.61. The summed E-state index contributed by atoms with van der Waals surface area (Å²) >= 11 is 0. The zero-order valence-electron chi connectivity index (χ0n) is 14.8. The van der Waals surface area contributed by atoms with Crippen molar-refractivity contribution in [1.29, 1.82) is 0 Å². The van der Waals surface area contributed by atoms with Crippen molar-refractivity contribution in [3.63, 3.8) is 0 Å². The number of hydrogen-bond donors (Lipinski definition) is 2. The van der Waals surface area contributed by atoms with Crippen LogP contribution in [-0.2, 0) is 0 Å². The summed E-state index contributed by atoms with van der Waals surface area (Å²) in [7, 11) is 0. The van der Waals surface area contributed by atoms with Gasteiger partial charge < -0.3 is 15.2 Å². The molecule has 1 aliphatic heterocycles. The van der Waals surface area contributed by atoms with Crippen LogP contribution in [0.15, 0.2) is 47.5 Å². The normalized spacial score (nSPS) is 15.4. The highest BCUT2D eigenvalue weighted by molar-refractivity contribution is 5.94. The minimum atomic E-state index is -0.366. The quantitative estimate of drug-likeness (QED) is 0.683. The van der Waals surface area contributed by atoms with Gasteiger partial charge in [0, 0.05) is 5.56 Å². The minimum Gasteiger partial charge on any atom is -0.490 e. The van der Waals surface area contributed by atoms with Crippen LogP contribution in [0.25, 0.3) is 11.0 Å². The first kappa shape index (κ1) is 16.8. The Morgan fingerprint density at radius 1 is 1.22 bits per heavy atom. The van der Waals surface area contributed by atoms with Crippen LogP contribution < -0.4 is 20.5 Å². The van der Waals surface area contributed by atoms with Crippen molar-refractivity contribution in [2.45, 2.75) is 13.1 Å². The Morgan fingerprint density at radius 3 is 2.89 bits per heavy atom. The van der Waals surface area contributed by atoms with E-state index in [9.17, 15) is 0 Å². The van der Waals surface area contributed by atoms with Crippen LogP contribution in [0, 0.1) is 12.3 Å². The van der Waals surface area contributed by atoms with Crippen LogP contribution >= 0.6 is 0 Å². The van der Waals surface area contributed by atoms with E-state index < -0.39 is 0 Å². The smallest absolute Gasteiger partial charge is 0.212 e. The lowest BCUT2D eigenvalue weighted by Gasteiger charge is -2.24. The fourth-order valence-electron chi connectivity index (χ4n) is 3.13. The number of ether oxygens (including phenoxy) is 2. The number of aromatic nitrogens is 2. The Kier molecular flexibility index (Phi) is 4.30. The van der Waals surface area contributed by atoms with Gasteiger partial charge >= 0.3 is 0 Å². The highest BCUT2D eigenvalue weighted by Gasteiger charge is 2.25. The number of fused-ring (bicyclic) bond motifs is 3. The van der Waals surface area contributed by atoms with Gasteiger partial charge in [-0.25, -0.2) is 9.98 Å². The number of aliphatic imine (C=N–C) groups is 1. The van der Waals surface area contributed by atoms with Crippen molar-refractivity contribution >= 4 is 22.9 Å². The summed E-state index contributed by atoms with van der Waals surface area (Å²) in [4.78, 5) is 9.20. The third-order valence-corrected chi connectivity index (χ3v) is 4.22. The molecule has 1 aliphatic rings. The van der Waals surface area contributed by atoms with Gasteiger partial charge in [-0.15, -0.1) is 6.42 Å². The molecular formula is C20H19N5O2. The number of hydrogen-bond acceptors (Lipinski definition) is 6. The molecule has 1 atom stereocenters. The molecule has 0 radical (unpaired) electrons. The number of nitrogens with one attached hydrogen (secondary N) is 1. The summed E-state index contributed by atoms with van der Waals surface area (Å²) in [5.41, 5.74) is 8.74. The molecule has 2 heterocycles. The molecule has 7 heteroatoms. The monoisotopic (exact) mass is 361 g/mol. The zero-order chi connectivity index (χ0) is 18.8. The fraction of sp³-hybridized carbons (Fsp3) is 0.200. The molecule has 4 rings (SSSR count). The van der Waals surface area contributed by atoms with Crippen LogP contribution in [0.2, 0.25) is 0 Å². The molecule has 0 aliphatic carbocycles. The highest BCUT2D eigenvalue weighted by atomic mass is 16.5. The second kappa shape index (κ2) is 6.92. The van der Waals surface area contributed by atoms with Gasteiger partial charge in [-0.3, -0.25) is 9.88 Å². The minimum absolute atomic E-state index is 0.175. The van der Waals surface area contributed by atoms with E-state index in [2.05, 4.69) is 21.2 Å². The second-order valence-electron chi connectivity index (χ2n) is 5.94. The Hall–Kier alpha value is -3.66. The molecule has 3 aromatic rings. The number of benzene rings is 2. The number of rotatable bonds is 5. The lowest BCUT2D eigenvalue weighted by Crippen LogP contribution is -2.31. The van der Waals surface area contributed by atoms with Gasteiger partial charge in [0.2, 0.25) is 5.95 Å². The molecule has 27 heavy (non-hydrogen) atoms. The van der Waals surface area contributed by atoms with E-state index in [1.807, 2.05) is 54.0 Å². The number of nitrogens with two attached hydrogens (primary N) is 1. The van der Waals surface area contributed by atoms with Gasteiger partial charge in [0.05, 0.1) is 17.6 Å². The molecular weight excluding hydrogens is 342 g/mol. The van der Waals surface area contributed by atoms with E-state index >= 15 is 0 Å². The molecule has 0 bridgehead atoms. The SMILES string of the molecule is C#CCOc1ccc([C@@H]2N=C(N)Nc3nc4ccccc4n32)cc1OCC. The van der Waals surface area contributed by atoms with Crippen LogP contribution in [0.3, 0.4) is 0 Å². The lowest BCUT2D eigenvalue weighted by molar-refractivity contribution is 0.298. The molecule has 0 unspecified atom stereocenters. The zero-order valence-corrected chi connectivity index (χ0v) is 14.8. The number of imidazole rings is 1. The summed E-state index contributed by atoms with van der Waals surface area (Å²) < 4.78 is 13.3. The summed E-state index contributed by atoms with van der Waals surface area (Å²) in [6.45, 7) is 2.60. The Bertz CT molecular complexity index is 1060. The van der Waals surface area contributed by atoms with E-state index in [-0.39, 0.29) is 12.8 Å². The van der Waals surface area contributed by atoms with Gasteiger partial charge in [-0.1, -0.05) is 24.1 Å². The van der Waals surface area contributed by atoms with Crippen molar-refractivity contribution in [3.8, 4) is 23.8 Å². The second-order valence-corrected chi connectivity index (χ2v) is 5.94. The number of terminal acetylenes is 1. The van der Waals surface area contributed by atoms with Crippen molar-refractivity contribution < 1.29 is 9.47 Å². The Morgan fingerprint density at radius 2 is 2.07 bits per heavy atom. The molecule has 0 spiro atoms. The van der Waals surface area contributed by atoms with Crippen molar-refractivity contribution in [2.24, 2.45) is 10.7 Å². The third kappa shape index (κ3) is 3.02. The first-order chi connectivity index (χ1) is 13.2. The number of guanidine groups is 1. The number of nitrogens with zero attached hydrogens (tertiary/aromatic N) is 3. The van der Waals surface area contributed by atoms with Crippen LogP contribution in [0.4, 0.5) is 5.95 Å². The van der Waals surface area contributed by atoms with Crippen molar-refractivity contribution in [3.05, 3.63) is 48.0 Å². The highest BCUT2D eigenvalue weighted by Crippen LogP contribution is 2.36. The molecule has 2 aromatic carbocycles. The summed E-state index contributed by atoms with van der Waals surface area (Å²) in [5.74, 6) is 4.64. The van der Waals surface area contributed by atoms with E-state index in [0.717, 1.165) is 16.6 Å². The number of anilines is 1. The van der Waals surface area contributed by atoms with Crippen molar-refractivity contribution in [1.82, 2.24) is 9.55 Å². The number of para-hydroxylation sites is 2. The standard InChI is InChI=1S/C20H19N5O2/c1-3-11-27-16-10-9-13(12-17(16)26-4-2)18-23-19(21)24-20-22-14-7-5-6-8-15(14)25(18)20/h1,5-10,12,18H,4,11H2,2H3,(H3,21,22,23,24)/t18-/m1/s1. The van der Waals surface area contributed by atoms with E-state index in [0.29, 0.717) is 30.0 Å². The Balaban J connectivity index is 1.82. The maximum atomic E-state index is 6.00. The predicted octanol–water partition coefficient (Wildman–Crippen LogP) is 2.73. The van der Waals surface area contributed by atoms with Crippen molar-refractivity contribution in [2.75, 3.05) is 18.5 Å². The molecule has 0 amide bonds. The lowest BCUT2D eigenvalue weighted by atomic mass is 10.1. The topological polar surface area (TPSA) is 86.7 Å². The molecule has 0 saturated carbocycles. The molecule has 1 aromatic heterocycles. The summed E-state index contributed by atoms with van der Waals surface area (Å²) in [5, 5.41) is 3.03. The summed E-state index contributed by atoms with van der Waals surface area (Å²) in [6, 6.07) is 13.6. The maximum absolute atomic E-state index is 6.00. The maximum Gasteiger partial charge on any atom is 0.212 e. The molecule has 136 valence electrons. The molecule has 3 N–H and O–H groups in total. The van der Waals surface area contributed by atoms with Gasteiger partial charge in [0.1, 0.15) is 6.61 Å². The van der Waals surface area contributed by atoms with Gasteiger partial charge in [-0.05, 0) is 31.2 Å². The fourth-order valence-corrected chi connectivity index (χ4v) is 3.13. The van der Waals surface area contributed by atoms with Crippen LogP contribution in [0.1, 0.15) is 18.7 Å². The average molecular weight is 361 g/mol. The van der Waals surface area contributed by atoms with E-state index in [1.165, 1.54) is 0 Å². The molecule has 0 saturated heterocycles. The van der Waals surface area contributed by atoms with Gasteiger partial charge in [0.15, 0.2) is 23.6 Å². The largest absolute Gasteiger partial charge is 0.490 e.